The molecule has 2 N–H and O–H groups in total. The molecule has 7 heteroatoms. The van der Waals surface area contributed by atoms with E-state index in [9.17, 15) is 9.59 Å². The van der Waals surface area contributed by atoms with Crippen molar-refractivity contribution in [1.29, 1.82) is 0 Å². The SMILES string of the molecule is COc1ccc(N2CCN(CC(=O)NC(=O)NC(C)(C)C)CC2)cc1. The molecular weight excluding hydrogens is 320 g/mol. The molecule has 1 aromatic rings. The van der Waals surface area contributed by atoms with Crippen molar-refractivity contribution in [2.75, 3.05) is 44.7 Å². The zero-order valence-corrected chi connectivity index (χ0v) is 15.5. The van der Waals surface area contributed by atoms with Crippen LogP contribution in [0, 0.1) is 0 Å². The number of piperazine rings is 1. The minimum Gasteiger partial charge on any atom is -0.497 e. The minimum atomic E-state index is -0.450. The summed E-state index contributed by atoms with van der Waals surface area (Å²) in [4.78, 5) is 28.0. The van der Waals surface area contributed by atoms with Crippen molar-refractivity contribution in [2.24, 2.45) is 0 Å². The first-order valence-corrected chi connectivity index (χ1v) is 8.50. The van der Waals surface area contributed by atoms with E-state index in [4.69, 9.17) is 4.74 Å². The number of methoxy groups -OCH3 is 1. The summed E-state index contributed by atoms with van der Waals surface area (Å²) >= 11 is 0. The average molecular weight is 348 g/mol. The quantitative estimate of drug-likeness (QED) is 0.861. The Kier molecular flexibility index (Phi) is 6.25. The van der Waals surface area contributed by atoms with Gasteiger partial charge >= 0.3 is 6.03 Å². The van der Waals surface area contributed by atoms with E-state index in [0.29, 0.717) is 0 Å². The second kappa shape index (κ2) is 8.20. The summed E-state index contributed by atoms with van der Waals surface area (Å²) in [6.07, 6.45) is 0. The summed E-state index contributed by atoms with van der Waals surface area (Å²) in [5, 5.41) is 5.10. The number of rotatable bonds is 4. The van der Waals surface area contributed by atoms with E-state index in [0.717, 1.165) is 37.6 Å². The summed E-state index contributed by atoms with van der Waals surface area (Å²) in [5.41, 5.74) is 0.781. The highest BCUT2D eigenvalue weighted by molar-refractivity contribution is 5.95. The Morgan fingerprint density at radius 3 is 2.20 bits per heavy atom. The van der Waals surface area contributed by atoms with Crippen molar-refractivity contribution >= 4 is 17.6 Å². The molecule has 1 aromatic carbocycles. The van der Waals surface area contributed by atoms with Crippen LogP contribution < -0.4 is 20.3 Å². The van der Waals surface area contributed by atoms with Crippen molar-refractivity contribution in [1.82, 2.24) is 15.5 Å². The number of urea groups is 1. The smallest absolute Gasteiger partial charge is 0.321 e. The van der Waals surface area contributed by atoms with E-state index in [1.807, 2.05) is 45.0 Å². The van der Waals surface area contributed by atoms with Gasteiger partial charge in [0.25, 0.3) is 0 Å². The van der Waals surface area contributed by atoms with Gasteiger partial charge in [0.15, 0.2) is 0 Å². The number of ether oxygens (including phenoxy) is 1. The van der Waals surface area contributed by atoms with E-state index in [2.05, 4.69) is 20.4 Å². The standard InChI is InChI=1S/C18H28N4O3/c1-18(2,3)20-17(24)19-16(23)13-21-9-11-22(12-10-21)14-5-7-15(25-4)8-6-14/h5-8H,9-13H2,1-4H3,(H2,19,20,23,24). The number of carbonyl (C=O) groups is 2. The minimum absolute atomic E-state index is 0.230. The van der Waals surface area contributed by atoms with Gasteiger partial charge in [0.05, 0.1) is 13.7 Å². The number of hydrogen-bond donors (Lipinski definition) is 2. The molecule has 0 unspecified atom stereocenters. The van der Waals surface area contributed by atoms with Gasteiger partial charge in [-0.3, -0.25) is 15.0 Å². The fraction of sp³-hybridized carbons (Fsp3) is 0.556. The molecule has 0 saturated carbocycles. The van der Waals surface area contributed by atoms with Crippen molar-refractivity contribution in [2.45, 2.75) is 26.3 Å². The number of nitrogens with one attached hydrogen (secondary N) is 2. The lowest BCUT2D eigenvalue weighted by atomic mass is 10.1. The Balaban J connectivity index is 1.76. The molecule has 138 valence electrons. The van der Waals surface area contributed by atoms with E-state index < -0.39 is 6.03 Å². The molecule has 0 atom stereocenters. The van der Waals surface area contributed by atoms with Crippen molar-refractivity contribution in [3.63, 3.8) is 0 Å². The Labute approximate surface area is 149 Å². The normalized spacial score (nSPS) is 15.6. The van der Waals surface area contributed by atoms with E-state index in [1.165, 1.54) is 0 Å². The number of carbonyl (C=O) groups excluding carboxylic acids is 2. The molecule has 0 bridgehead atoms. The topological polar surface area (TPSA) is 73.9 Å². The summed E-state index contributed by atoms with van der Waals surface area (Å²) < 4.78 is 5.18. The molecule has 7 nitrogen and oxygen atoms in total. The van der Waals surface area contributed by atoms with Crippen LogP contribution in [0.2, 0.25) is 0 Å². The van der Waals surface area contributed by atoms with Crippen LogP contribution in [0.15, 0.2) is 24.3 Å². The van der Waals surface area contributed by atoms with Crippen molar-refractivity contribution in [3.05, 3.63) is 24.3 Å². The van der Waals surface area contributed by atoms with Crippen LogP contribution in [-0.2, 0) is 4.79 Å². The van der Waals surface area contributed by atoms with Gasteiger partial charge in [0.1, 0.15) is 5.75 Å². The average Bonchev–Trinajstić information content (AvgIpc) is 2.53. The highest BCUT2D eigenvalue weighted by Gasteiger charge is 2.21. The third-order valence-corrected chi connectivity index (χ3v) is 3.92. The maximum absolute atomic E-state index is 12.0. The predicted octanol–water partition coefficient (Wildman–Crippen LogP) is 1.44. The molecule has 0 spiro atoms. The number of imide groups is 1. The summed E-state index contributed by atoms with van der Waals surface area (Å²) in [5.74, 6) is 0.562. The molecule has 0 radical (unpaired) electrons. The third kappa shape index (κ3) is 6.26. The van der Waals surface area contributed by atoms with Crippen molar-refractivity contribution in [3.8, 4) is 5.75 Å². The monoisotopic (exact) mass is 348 g/mol. The van der Waals surface area contributed by atoms with E-state index >= 15 is 0 Å². The highest BCUT2D eigenvalue weighted by Crippen LogP contribution is 2.20. The first-order chi connectivity index (χ1) is 11.8. The van der Waals surface area contributed by atoms with Gasteiger partial charge in [0.2, 0.25) is 5.91 Å². The zero-order valence-electron chi connectivity index (χ0n) is 15.5. The molecule has 2 rings (SSSR count). The number of anilines is 1. The second-order valence-electron chi connectivity index (χ2n) is 7.21. The zero-order chi connectivity index (χ0) is 18.4. The van der Waals surface area contributed by atoms with Gasteiger partial charge in [-0.05, 0) is 45.0 Å². The van der Waals surface area contributed by atoms with Gasteiger partial charge in [-0.15, -0.1) is 0 Å². The van der Waals surface area contributed by atoms with Crippen LogP contribution >= 0.6 is 0 Å². The van der Waals surface area contributed by atoms with E-state index in [-0.39, 0.29) is 18.0 Å². The second-order valence-corrected chi connectivity index (χ2v) is 7.21. The highest BCUT2D eigenvalue weighted by atomic mass is 16.5. The molecule has 1 saturated heterocycles. The van der Waals surface area contributed by atoms with Gasteiger partial charge < -0.3 is 15.0 Å². The Morgan fingerprint density at radius 2 is 1.68 bits per heavy atom. The first kappa shape index (κ1) is 19.1. The molecule has 3 amide bonds. The molecular formula is C18H28N4O3. The summed E-state index contributed by atoms with van der Waals surface area (Å²) in [6, 6.07) is 7.52. The van der Waals surface area contributed by atoms with Crippen LogP contribution in [0.5, 0.6) is 5.75 Å². The van der Waals surface area contributed by atoms with Gasteiger partial charge in [0, 0.05) is 37.4 Å². The first-order valence-electron chi connectivity index (χ1n) is 8.50. The van der Waals surface area contributed by atoms with Crippen LogP contribution in [0.4, 0.5) is 10.5 Å². The van der Waals surface area contributed by atoms with Gasteiger partial charge in [-0.1, -0.05) is 0 Å². The summed E-state index contributed by atoms with van der Waals surface area (Å²) in [7, 11) is 1.65. The summed E-state index contributed by atoms with van der Waals surface area (Å²) in [6.45, 7) is 9.08. The lowest BCUT2D eigenvalue weighted by molar-refractivity contribution is -0.121. The largest absolute Gasteiger partial charge is 0.497 e. The molecule has 1 aliphatic rings. The van der Waals surface area contributed by atoms with Gasteiger partial charge in [-0.25, -0.2) is 4.79 Å². The molecule has 1 heterocycles. The lowest BCUT2D eigenvalue weighted by Gasteiger charge is -2.35. The lowest BCUT2D eigenvalue weighted by Crippen LogP contribution is -2.53. The molecule has 0 aromatic heterocycles. The van der Waals surface area contributed by atoms with Gasteiger partial charge in [-0.2, -0.15) is 0 Å². The fourth-order valence-corrected chi connectivity index (χ4v) is 2.70. The number of nitrogens with zero attached hydrogens (tertiary/aromatic N) is 2. The molecule has 1 aliphatic heterocycles. The van der Waals surface area contributed by atoms with Crippen molar-refractivity contribution < 1.29 is 14.3 Å². The Bertz CT molecular complexity index is 587. The number of hydrogen-bond acceptors (Lipinski definition) is 5. The maximum Gasteiger partial charge on any atom is 0.321 e. The fourth-order valence-electron chi connectivity index (χ4n) is 2.70. The number of benzene rings is 1. The Hall–Kier alpha value is -2.28. The van der Waals surface area contributed by atoms with Crippen LogP contribution in [-0.4, -0.2) is 62.2 Å². The third-order valence-electron chi connectivity index (χ3n) is 3.92. The maximum atomic E-state index is 12.0. The van der Waals surface area contributed by atoms with Crippen LogP contribution in [0.1, 0.15) is 20.8 Å². The molecule has 25 heavy (non-hydrogen) atoms. The van der Waals surface area contributed by atoms with Crippen LogP contribution in [0.3, 0.4) is 0 Å². The molecule has 1 fully saturated rings. The molecule has 0 aliphatic carbocycles. The van der Waals surface area contributed by atoms with Crippen LogP contribution in [0.25, 0.3) is 0 Å². The predicted molar refractivity (Wildman–Crippen MR) is 98.1 cm³/mol. The Morgan fingerprint density at radius 1 is 1.08 bits per heavy atom. The van der Waals surface area contributed by atoms with E-state index in [1.54, 1.807) is 7.11 Å². The number of amides is 3.